The quantitative estimate of drug-likeness (QED) is 0.243. The van der Waals surface area contributed by atoms with Gasteiger partial charge in [0.1, 0.15) is 5.75 Å². The maximum Gasteiger partial charge on any atom is 0.305 e. The van der Waals surface area contributed by atoms with Crippen LogP contribution in [0, 0.1) is 0 Å². The van der Waals surface area contributed by atoms with E-state index in [1.165, 1.54) is 30.6 Å². The Morgan fingerprint density at radius 3 is 2.71 bits per heavy atom. The maximum absolute atomic E-state index is 12.5. The first-order valence-corrected chi connectivity index (χ1v) is 11.4. The Labute approximate surface area is 212 Å². The van der Waals surface area contributed by atoms with Gasteiger partial charge in [-0.15, -0.1) is 0 Å². The molecule has 0 saturated carbocycles. The molecule has 2 heterocycles. The van der Waals surface area contributed by atoms with E-state index in [0.29, 0.717) is 22.7 Å². The van der Waals surface area contributed by atoms with Crippen molar-refractivity contribution in [1.29, 1.82) is 0 Å². The summed E-state index contributed by atoms with van der Waals surface area (Å²) >= 11 is 9.17. The number of benzene rings is 1. The summed E-state index contributed by atoms with van der Waals surface area (Å²) in [4.78, 5) is 44.4. The second-order valence-electron chi connectivity index (χ2n) is 7.54. The number of carboxylic acid groups (broad SMARTS) is 1. The number of pyridine rings is 1. The average molecular weight is 570 g/mol. The van der Waals surface area contributed by atoms with E-state index < -0.39 is 42.9 Å². The number of carboxylic acids is 1. The van der Waals surface area contributed by atoms with Crippen LogP contribution < -0.4 is 21.3 Å². The van der Waals surface area contributed by atoms with Gasteiger partial charge in [-0.1, -0.05) is 27.5 Å². The van der Waals surface area contributed by atoms with E-state index in [-0.39, 0.29) is 28.4 Å². The minimum atomic E-state index is -1.21. The Morgan fingerprint density at radius 1 is 1.26 bits per heavy atom. The monoisotopic (exact) mass is 568 g/mol. The first-order chi connectivity index (χ1) is 16.6. The van der Waals surface area contributed by atoms with Gasteiger partial charge in [0.05, 0.1) is 54.1 Å². The number of aliphatic imine (C=N–C) groups is 1. The summed E-state index contributed by atoms with van der Waals surface area (Å²) in [5.41, 5.74) is 0.743. The van der Waals surface area contributed by atoms with Gasteiger partial charge in [0.15, 0.2) is 5.96 Å². The summed E-state index contributed by atoms with van der Waals surface area (Å²) in [6.07, 6.45) is 1.70. The van der Waals surface area contributed by atoms with E-state index in [2.05, 4.69) is 47.2 Å². The molecule has 2 aromatic rings. The van der Waals surface area contributed by atoms with Gasteiger partial charge in [0.2, 0.25) is 5.91 Å². The van der Waals surface area contributed by atoms with Crippen LogP contribution in [0.3, 0.4) is 0 Å². The molecular weight excluding hydrogens is 548 g/mol. The second kappa shape index (κ2) is 11.8. The summed E-state index contributed by atoms with van der Waals surface area (Å²) < 4.78 is 0.486. The molecule has 2 amide bonds. The van der Waals surface area contributed by atoms with Crippen molar-refractivity contribution in [1.82, 2.24) is 20.9 Å². The number of phenolic OH excluding ortho intramolecular Hbond substituents is 1. The van der Waals surface area contributed by atoms with Crippen molar-refractivity contribution in [3.8, 4) is 5.75 Å². The van der Waals surface area contributed by atoms with E-state index in [4.69, 9.17) is 11.6 Å². The van der Waals surface area contributed by atoms with E-state index >= 15 is 0 Å². The zero-order valence-electron chi connectivity index (χ0n) is 18.1. The van der Waals surface area contributed by atoms with Gasteiger partial charge in [-0.05, 0) is 18.2 Å². The molecule has 186 valence electrons. The summed E-state index contributed by atoms with van der Waals surface area (Å²) in [5.74, 6) is -2.41. The number of rotatable bonds is 8. The molecule has 1 aromatic heterocycles. The molecule has 0 bridgehead atoms. The van der Waals surface area contributed by atoms with Crippen LogP contribution in [0.4, 0.5) is 5.69 Å². The lowest BCUT2D eigenvalue weighted by atomic mass is 10.0. The molecule has 7 N–H and O–H groups in total. The third kappa shape index (κ3) is 7.53. The molecule has 1 aliphatic heterocycles. The molecular formula is C21H22BrClN6O6. The molecule has 1 aliphatic rings. The lowest BCUT2D eigenvalue weighted by Crippen LogP contribution is -2.42. The number of hydrogen-bond donors (Lipinski definition) is 7. The minimum Gasteiger partial charge on any atom is -0.506 e. The Morgan fingerprint density at radius 2 is 2.03 bits per heavy atom. The Balaban J connectivity index is 1.62. The van der Waals surface area contributed by atoms with Crippen LogP contribution in [0.5, 0.6) is 5.75 Å². The fourth-order valence-electron chi connectivity index (χ4n) is 3.16. The van der Waals surface area contributed by atoms with Crippen LogP contribution >= 0.6 is 27.5 Å². The van der Waals surface area contributed by atoms with Crippen LogP contribution in [0.25, 0.3) is 0 Å². The minimum absolute atomic E-state index is 0.0149. The van der Waals surface area contributed by atoms with Gasteiger partial charge in [-0.25, -0.2) is 0 Å². The number of guanidine groups is 1. The smallest absolute Gasteiger partial charge is 0.305 e. The van der Waals surface area contributed by atoms with Crippen molar-refractivity contribution in [2.45, 2.75) is 18.6 Å². The van der Waals surface area contributed by atoms with Crippen molar-refractivity contribution in [2.75, 3.05) is 25.0 Å². The normalized spacial score (nSPS) is 15.9. The zero-order valence-corrected chi connectivity index (χ0v) is 20.4. The largest absolute Gasteiger partial charge is 0.506 e. The predicted molar refractivity (Wildman–Crippen MR) is 130 cm³/mol. The Hall–Kier alpha value is -3.42. The van der Waals surface area contributed by atoms with Crippen LogP contribution in [0.15, 0.2) is 40.1 Å². The highest BCUT2D eigenvalue weighted by molar-refractivity contribution is 9.10. The highest BCUT2D eigenvalue weighted by Crippen LogP contribution is 2.36. The number of anilines is 1. The summed E-state index contributed by atoms with van der Waals surface area (Å²) in [6.45, 7) is 0.118. The number of nitrogens with one attached hydrogen (secondary N) is 4. The topological polar surface area (TPSA) is 185 Å². The third-order valence-corrected chi connectivity index (χ3v) is 5.53. The van der Waals surface area contributed by atoms with Crippen molar-refractivity contribution in [3.63, 3.8) is 0 Å². The van der Waals surface area contributed by atoms with Gasteiger partial charge in [0.25, 0.3) is 5.91 Å². The van der Waals surface area contributed by atoms with Crippen LogP contribution in [0.1, 0.15) is 28.4 Å². The molecule has 0 spiro atoms. The fraction of sp³-hybridized carbons (Fsp3) is 0.286. The molecule has 12 nitrogen and oxygen atoms in total. The number of β-amino-alcohol motifs (C(OH)–C–C–N with tert-alkyl or cyclic N) is 1. The van der Waals surface area contributed by atoms with E-state index in [9.17, 15) is 29.7 Å². The van der Waals surface area contributed by atoms with E-state index in [0.717, 1.165) is 0 Å². The standard InChI is InChI=1S/C21H22BrClN6O6/c22-11-2-14(19(34)15(23)3-11)16(4-18(32)33)29-17(31)9-25-20(35)10-1-12(6-24-5-10)28-21-26-7-13(30)8-27-21/h1-3,5-6,13,16,30,34H,4,7-9H2,(H,25,35)(H,29,31)(H,32,33)(H2,26,27,28)/t16-/m1/s1. The Kier molecular flexibility index (Phi) is 8.84. The van der Waals surface area contributed by atoms with Gasteiger partial charge in [-0.3, -0.25) is 24.4 Å². The van der Waals surface area contributed by atoms with Crippen LogP contribution in [-0.2, 0) is 9.59 Å². The first kappa shape index (κ1) is 26.2. The SMILES string of the molecule is O=C(O)C[C@@H](NC(=O)CNC(=O)c1cncc(NC2=NCC(O)CN2)c1)c1cc(Br)cc(Cl)c1O. The lowest BCUT2D eigenvalue weighted by Gasteiger charge is -2.20. The number of aliphatic hydroxyl groups excluding tert-OH is 1. The van der Waals surface area contributed by atoms with Crippen LogP contribution in [-0.4, -0.2) is 69.8 Å². The van der Waals surface area contributed by atoms with Gasteiger partial charge < -0.3 is 36.6 Å². The van der Waals surface area contributed by atoms with Crippen LogP contribution in [0.2, 0.25) is 5.02 Å². The molecule has 0 radical (unpaired) electrons. The average Bonchev–Trinajstić information content (AvgIpc) is 2.81. The van der Waals surface area contributed by atoms with E-state index in [1.54, 1.807) is 0 Å². The molecule has 14 heteroatoms. The molecule has 0 aliphatic carbocycles. The summed E-state index contributed by atoms with van der Waals surface area (Å²) in [5, 5.41) is 39.7. The highest BCUT2D eigenvalue weighted by Gasteiger charge is 2.23. The molecule has 3 rings (SSSR count). The number of aliphatic hydroxyl groups is 1. The summed E-state index contributed by atoms with van der Waals surface area (Å²) in [6, 6.07) is 3.29. The number of aliphatic carboxylic acids is 1. The molecule has 35 heavy (non-hydrogen) atoms. The number of carbonyl (C=O) groups is 3. The number of aromatic nitrogens is 1. The highest BCUT2D eigenvalue weighted by atomic mass is 79.9. The molecule has 0 fully saturated rings. The molecule has 0 saturated heterocycles. The second-order valence-corrected chi connectivity index (χ2v) is 8.86. The summed E-state index contributed by atoms with van der Waals surface area (Å²) in [7, 11) is 0. The fourth-order valence-corrected chi connectivity index (χ4v) is 3.99. The predicted octanol–water partition coefficient (Wildman–Crippen LogP) is 0.997. The number of nitrogens with zero attached hydrogens (tertiary/aromatic N) is 2. The van der Waals surface area contributed by atoms with Gasteiger partial charge >= 0.3 is 5.97 Å². The first-order valence-electron chi connectivity index (χ1n) is 10.3. The molecule has 2 atom stereocenters. The number of hydrogen-bond acceptors (Lipinski definition) is 9. The Bertz CT molecular complexity index is 1160. The molecule has 1 unspecified atom stereocenters. The lowest BCUT2D eigenvalue weighted by molar-refractivity contribution is -0.137. The number of halogens is 2. The van der Waals surface area contributed by atoms with Gasteiger partial charge in [-0.2, -0.15) is 0 Å². The maximum atomic E-state index is 12.5. The zero-order chi connectivity index (χ0) is 25.5. The van der Waals surface area contributed by atoms with Gasteiger partial charge in [0, 0.05) is 22.8 Å². The van der Waals surface area contributed by atoms with Crippen molar-refractivity contribution >= 4 is 57.0 Å². The molecule has 1 aromatic carbocycles. The van der Waals surface area contributed by atoms with E-state index in [1.807, 2.05) is 0 Å². The number of aromatic hydroxyl groups is 1. The third-order valence-electron chi connectivity index (χ3n) is 4.78. The number of amides is 2. The van der Waals surface area contributed by atoms with Crippen molar-refractivity contribution in [2.24, 2.45) is 4.99 Å². The van der Waals surface area contributed by atoms with Crippen molar-refractivity contribution < 1.29 is 29.7 Å². The van der Waals surface area contributed by atoms with Crippen molar-refractivity contribution in [3.05, 3.63) is 51.2 Å². The number of phenols is 1. The number of carbonyl (C=O) groups excluding carboxylic acids is 2.